The number of hydrogen-bond donors (Lipinski definition) is 0. The maximum Gasteiger partial charge on any atom is 0.171 e. The highest BCUT2D eigenvalue weighted by Crippen LogP contribution is 2.46. The first kappa shape index (κ1) is 43.1. The molecule has 0 bridgehead atoms. The average Bonchev–Trinajstić information content (AvgIpc) is 4.11. The van der Waals surface area contributed by atoms with E-state index in [1.165, 1.54) is 10.8 Å². The zero-order chi connectivity index (χ0) is 48.7. The molecule has 0 aliphatic rings. The van der Waals surface area contributed by atoms with Gasteiger partial charge in [0.1, 0.15) is 0 Å². The lowest BCUT2D eigenvalue weighted by Crippen LogP contribution is -2.24. The second kappa shape index (κ2) is 17.0. The van der Waals surface area contributed by atoms with Crippen LogP contribution in [0.15, 0.2) is 273 Å². The Labute approximate surface area is 422 Å². The van der Waals surface area contributed by atoms with Crippen LogP contribution in [0.4, 0.5) is 0 Å². The van der Waals surface area contributed by atoms with Crippen LogP contribution < -0.4 is 31.8 Å². The van der Waals surface area contributed by atoms with E-state index in [-0.39, 0.29) is 0 Å². The summed E-state index contributed by atoms with van der Waals surface area (Å²) < 4.78 is 38.8. The van der Waals surface area contributed by atoms with E-state index in [0.717, 1.165) is 104 Å². The fourth-order valence-corrected chi connectivity index (χ4v) is 16.8. The number of aromatic nitrogens is 3. The van der Waals surface area contributed by atoms with Gasteiger partial charge in [-0.2, -0.15) is 0 Å². The SMILES string of the molecule is O=P(c1ccccc1)(c1ccccc1)c1ccc2c(c1)c1ccccc1n2-c1cc(-n2c3ccccc3c3ccccc32)cc(-n2c3ccccc3c3cc(P(=O)(c4ccccc4)c4ccccc4)ccc32)c1. The minimum Gasteiger partial charge on any atom is -0.309 e. The molecule has 0 amide bonds. The Kier molecular flexibility index (Phi) is 10.0. The van der Waals surface area contributed by atoms with Crippen LogP contribution in [0.3, 0.4) is 0 Å². The predicted molar refractivity (Wildman–Crippen MR) is 308 cm³/mol. The lowest BCUT2D eigenvalue weighted by molar-refractivity contribution is 0.591. The van der Waals surface area contributed by atoms with Crippen molar-refractivity contribution in [2.45, 2.75) is 0 Å². The summed E-state index contributed by atoms with van der Waals surface area (Å²) in [4.78, 5) is 0. The van der Waals surface area contributed by atoms with Crippen LogP contribution in [0.2, 0.25) is 0 Å². The second-order valence-electron chi connectivity index (χ2n) is 18.7. The van der Waals surface area contributed by atoms with E-state index in [9.17, 15) is 0 Å². The Bertz CT molecular complexity index is 4190. The molecule has 0 spiro atoms. The van der Waals surface area contributed by atoms with Crippen molar-refractivity contribution in [2.24, 2.45) is 0 Å². The molecule has 7 heteroatoms. The molecular formula is C66H45N3O2P2. The Balaban J connectivity index is 1.05. The van der Waals surface area contributed by atoms with Crippen LogP contribution >= 0.6 is 14.3 Å². The van der Waals surface area contributed by atoms with E-state index in [1.54, 1.807) is 0 Å². The summed E-state index contributed by atoms with van der Waals surface area (Å²) in [5.41, 5.74) is 9.27. The molecule has 0 unspecified atom stereocenters. The normalized spacial score (nSPS) is 12.2. The topological polar surface area (TPSA) is 48.9 Å². The predicted octanol–water partition coefficient (Wildman–Crippen LogP) is 14.3. The van der Waals surface area contributed by atoms with Gasteiger partial charge in [0.15, 0.2) is 14.3 Å². The van der Waals surface area contributed by atoms with Gasteiger partial charge < -0.3 is 22.8 Å². The van der Waals surface area contributed by atoms with E-state index >= 15 is 9.13 Å². The summed E-state index contributed by atoms with van der Waals surface area (Å²) in [5.74, 6) is 0. The molecule has 0 saturated carbocycles. The molecule has 73 heavy (non-hydrogen) atoms. The fraction of sp³-hybridized carbons (Fsp3) is 0. The largest absolute Gasteiger partial charge is 0.309 e. The first-order valence-electron chi connectivity index (χ1n) is 24.6. The highest BCUT2D eigenvalue weighted by molar-refractivity contribution is 7.85. The zero-order valence-corrected chi connectivity index (χ0v) is 41.3. The summed E-state index contributed by atoms with van der Waals surface area (Å²) in [7, 11) is -6.56. The molecule has 5 nitrogen and oxygen atoms in total. The third-order valence-electron chi connectivity index (χ3n) is 14.8. The standard InChI is InChI=1S/C66H45N3O2P2/c70-72(49-21-5-1-6-22-49,50-23-7-2-8-24-50)53-37-39-65-59(44-53)57-31-15-19-35-63(57)68(65)47-41-46(67-61-33-17-13-29-55(61)56-30-14-18-34-62(56)67)42-48(43-47)69-64-36-20-16-32-58(64)60-45-54(38-40-66(60)69)73(71,51-25-9-3-10-26-51)52-27-11-4-12-28-52/h1-45H. The number of hydrogen-bond acceptors (Lipinski definition) is 2. The van der Waals surface area contributed by atoms with E-state index in [0.29, 0.717) is 0 Å². The molecule has 11 aromatic carbocycles. The number of para-hydroxylation sites is 4. The molecular weight excluding hydrogens is 929 g/mol. The van der Waals surface area contributed by atoms with Gasteiger partial charge in [-0.25, -0.2) is 0 Å². The minimum absolute atomic E-state index is 0.786. The zero-order valence-electron chi connectivity index (χ0n) is 39.5. The molecule has 3 heterocycles. The Morgan fingerprint density at radius 3 is 0.726 bits per heavy atom. The van der Waals surface area contributed by atoms with Gasteiger partial charge in [0.2, 0.25) is 0 Å². The van der Waals surface area contributed by atoms with Crippen LogP contribution in [0.25, 0.3) is 82.5 Å². The van der Waals surface area contributed by atoms with Crippen molar-refractivity contribution >= 4 is 112 Å². The lowest BCUT2D eigenvalue weighted by atomic mass is 10.1. The molecule has 0 aliphatic carbocycles. The van der Waals surface area contributed by atoms with E-state index in [2.05, 4.69) is 165 Å². The first-order chi connectivity index (χ1) is 36.0. The number of rotatable bonds is 9. The third kappa shape index (κ3) is 6.63. The Morgan fingerprint density at radius 1 is 0.205 bits per heavy atom. The molecule has 0 radical (unpaired) electrons. The van der Waals surface area contributed by atoms with Gasteiger partial charge in [-0.05, 0) is 78.9 Å². The average molecular weight is 974 g/mol. The van der Waals surface area contributed by atoms with Gasteiger partial charge in [-0.3, -0.25) is 0 Å². The van der Waals surface area contributed by atoms with Gasteiger partial charge in [0, 0.05) is 64.1 Å². The maximum atomic E-state index is 15.8. The molecule has 346 valence electrons. The van der Waals surface area contributed by atoms with E-state index in [1.807, 2.05) is 121 Å². The van der Waals surface area contributed by atoms with Crippen molar-refractivity contribution in [3.63, 3.8) is 0 Å². The summed E-state index contributed by atoms with van der Waals surface area (Å²) in [5, 5.41) is 11.3. The van der Waals surface area contributed by atoms with Crippen LogP contribution in [-0.2, 0) is 9.13 Å². The van der Waals surface area contributed by atoms with Gasteiger partial charge >= 0.3 is 0 Å². The lowest BCUT2D eigenvalue weighted by Gasteiger charge is -2.21. The van der Waals surface area contributed by atoms with Crippen molar-refractivity contribution in [3.8, 4) is 17.1 Å². The number of nitrogens with zero attached hydrogens (tertiary/aromatic N) is 3. The quantitative estimate of drug-likeness (QED) is 0.135. The highest BCUT2D eigenvalue weighted by atomic mass is 31.2. The van der Waals surface area contributed by atoms with Crippen molar-refractivity contribution in [2.75, 3.05) is 0 Å². The molecule has 0 atom stereocenters. The van der Waals surface area contributed by atoms with Crippen LogP contribution in [0.1, 0.15) is 0 Å². The number of benzene rings is 11. The van der Waals surface area contributed by atoms with Gasteiger partial charge in [0.05, 0.1) is 50.2 Å². The third-order valence-corrected chi connectivity index (χ3v) is 20.9. The molecule has 14 aromatic rings. The van der Waals surface area contributed by atoms with Gasteiger partial charge in [0.25, 0.3) is 0 Å². The summed E-state index contributed by atoms with van der Waals surface area (Å²) in [6, 6.07) is 93.8. The monoisotopic (exact) mass is 973 g/mol. The van der Waals surface area contributed by atoms with Gasteiger partial charge in [-0.1, -0.05) is 194 Å². The molecule has 0 saturated heterocycles. The molecule has 14 rings (SSSR count). The molecule has 3 aromatic heterocycles. The van der Waals surface area contributed by atoms with Crippen molar-refractivity contribution in [1.82, 2.24) is 13.7 Å². The first-order valence-corrected chi connectivity index (χ1v) is 28.0. The smallest absolute Gasteiger partial charge is 0.171 e. The van der Waals surface area contributed by atoms with Crippen LogP contribution in [-0.4, -0.2) is 13.7 Å². The molecule has 0 fully saturated rings. The second-order valence-corrected chi connectivity index (χ2v) is 24.3. The Hall–Kier alpha value is -8.72. The highest BCUT2D eigenvalue weighted by Gasteiger charge is 2.32. The number of fused-ring (bicyclic) bond motifs is 9. The molecule has 0 aliphatic heterocycles. The minimum atomic E-state index is -3.28. The van der Waals surface area contributed by atoms with Crippen LogP contribution in [0.5, 0.6) is 0 Å². The fourth-order valence-electron chi connectivity index (χ4n) is 11.5. The van der Waals surface area contributed by atoms with Crippen LogP contribution in [0, 0.1) is 0 Å². The van der Waals surface area contributed by atoms with E-state index < -0.39 is 14.3 Å². The summed E-state index contributed by atoms with van der Waals surface area (Å²) in [6.45, 7) is 0. The van der Waals surface area contributed by atoms with Gasteiger partial charge in [-0.15, -0.1) is 0 Å². The van der Waals surface area contributed by atoms with E-state index in [4.69, 9.17) is 0 Å². The maximum absolute atomic E-state index is 15.8. The summed E-state index contributed by atoms with van der Waals surface area (Å²) in [6.07, 6.45) is 0. The van der Waals surface area contributed by atoms with Crippen molar-refractivity contribution in [3.05, 3.63) is 273 Å². The van der Waals surface area contributed by atoms with Crippen molar-refractivity contribution in [1.29, 1.82) is 0 Å². The Morgan fingerprint density at radius 2 is 0.438 bits per heavy atom. The summed E-state index contributed by atoms with van der Waals surface area (Å²) >= 11 is 0. The van der Waals surface area contributed by atoms with Crippen molar-refractivity contribution < 1.29 is 9.13 Å². The molecule has 0 N–H and O–H groups in total.